The predicted molar refractivity (Wildman–Crippen MR) is 143 cm³/mol. The Labute approximate surface area is 217 Å². The molecule has 2 aromatic carbocycles. The van der Waals surface area contributed by atoms with Crippen LogP contribution in [0.15, 0.2) is 60.7 Å². The van der Waals surface area contributed by atoms with Crippen LogP contribution in [0.4, 0.5) is 0 Å². The minimum Gasteiger partial charge on any atom is -0.425 e. The molecule has 8 nitrogen and oxygen atoms in total. The fourth-order valence-corrected chi connectivity index (χ4v) is 3.05. The fraction of sp³-hybridized carbons (Fsp3) is 0.310. The highest BCUT2D eigenvalue weighted by atomic mass is 16.5. The van der Waals surface area contributed by atoms with Crippen LogP contribution >= 0.6 is 0 Å². The zero-order valence-corrected chi connectivity index (χ0v) is 21.2. The van der Waals surface area contributed by atoms with Gasteiger partial charge in [0.25, 0.3) is 0 Å². The Morgan fingerprint density at radius 1 is 0.730 bits per heavy atom. The van der Waals surface area contributed by atoms with Crippen LogP contribution in [-0.2, 0) is 19.2 Å². The Bertz CT molecular complexity index is 1120. The fourth-order valence-electron chi connectivity index (χ4n) is 3.05. The molecule has 0 aromatic heterocycles. The molecule has 4 N–H and O–H groups in total. The number of ether oxygens (including phenoxy) is 2. The molecule has 2 rings (SSSR count). The van der Waals surface area contributed by atoms with Crippen LogP contribution in [-0.4, -0.2) is 35.6 Å². The first-order valence-electron chi connectivity index (χ1n) is 12.3. The molecule has 0 bridgehead atoms. The van der Waals surface area contributed by atoms with Gasteiger partial charge in [0.1, 0.15) is 23.6 Å². The second-order valence-corrected chi connectivity index (χ2v) is 8.52. The molecule has 0 heterocycles. The number of ketones is 2. The molecule has 8 heteroatoms. The van der Waals surface area contributed by atoms with E-state index in [1.165, 1.54) is 12.2 Å². The molecular formula is C29H34N2O6. The monoisotopic (exact) mass is 506 g/mol. The van der Waals surface area contributed by atoms with E-state index in [1.54, 1.807) is 67.6 Å². The average Bonchev–Trinajstić information content (AvgIpc) is 2.90. The van der Waals surface area contributed by atoms with Crippen LogP contribution in [0, 0.1) is 0 Å². The first-order valence-corrected chi connectivity index (χ1v) is 12.3. The molecule has 0 amide bonds. The van der Waals surface area contributed by atoms with Crippen LogP contribution in [0.3, 0.4) is 0 Å². The lowest BCUT2D eigenvalue weighted by Gasteiger charge is -2.10. The van der Waals surface area contributed by atoms with Crippen molar-refractivity contribution in [3.63, 3.8) is 0 Å². The minimum atomic E-state index is -0.674. The van der Waals surface area contributed by atoms with Gasteiger partial charge in [-0.15, -0.1) is 0 Å². The Balaban J connectivity index is 1.82. The standard InChI is InChI=1S/C29H34N2O6/c1-3-5-6-27(31)29(35)37-25-17-11-21(12-18-25)8-14-23(33)19-22(32)13-7-20-9-15-24(16-10-20)36-28(34)26(30)4-2/h7-18,26-27H,3-6,19,30-31H2,1-2H3/b13-7+,14-8+. The summed E-state index contributed by atoms with van der Waals surface area (Å²) in [4.78, 5) is 48.0. The van der Waals surface area contributed by atoms with E-state index in [-0.39, 0.29) is 18.0 Å². The van der Waals surface area contributed by atoms with Crippen molar-refractivity contribution in [3.05, 3.63) is 71.8 Å². The number of hydrogen-bond donors (Lipinski definition) is 2. The number of hydrogen-bond acceptors (Lipinski definition) is 8. The van der Waals surface area contributed by atoms with Gasteiger partial charge < -0.3 is 20.9 Å². The lowest BCUT2D eigenvalue weighted by molar-refractivity contribution is -0.136. The van der Waals surface area contributed by atoms with E-state index in [9.17, 15) is 19.2 Å². The topological polar surface area (TPSA) is 139 Å². The third-order valence-corrected chi connectivity index (χ3v) is 5.38. The van der Waals surface area contributed by atoms with E-state index in [2.05, 4.69) is 0 Å². The molecule has 37 heavy (non-hydrogen) atoms. The molecule has 0 aliphatic heterocycles. The van der Waals surface area contributed by atoms with Crippen molar-refractivity contribution in [3.8, 4) is 11.5 Å². The molecule has 0 fully saturated rings. The van der Waals surface area contributed by atoms with Gasteiger partial charge in [-0.1, -0.05) is 63.1 Å². The predicted octanol–water partition coefficient (Wildman–Crippen LogP) is 4.01. The number of rotatable bonds is 14. The SMILES string of the molecule is CCCCC(N)C(=O)Oc1ccc(/C=C/C(=O)CC(=O)/C=C/c2ccc(OC(=O)C(N)CC)cc2)cc1. The normalized spacial score (nSPS) is 12.9. The molecule has 0 aliphatic rings. The highest BCUT2D eigenvalue weighted by molar-refractivity contribution is 6.10. The van der Waals surface area contributed by atoms with Gasteiger partial charge >= 0.3 is 11.9 Å². The maximum atomic E-state index is 12.2. The van der Waals surface area contributed by atoms with Crippen molar-refractivity contribution in [2.75, 3.05) is 0 Å². The summed E-state index contributed by atoms with van der Waals surface area (Å²) < 4.78 is 10.4. The quantitative estimate of drug-likeness (QED) is 0.170. The first-order chi connectivity index (χ1) is 17.7. The number of carbonyl (C=O) groups is 4. The van der Waals surface area contributed by atoms with Crippen LogP contribution in [0.5, 0.6) is 11.5 Å². The highest BCUT2D eigenvalue weighted by Crippen LogP contribution is 2.16. The van der Waals surface area contributed by atoms with E-state index < -0.39 is 24.0 Å². The van der Waals surface area contributed by atoms with Crippen molar-refractivity contribution in [1.29, 1.82) is 0 Å². The number of unbranched alkanes of at least 4 members (excludes halogenated alkanes) is 1. The lowest BCUT2D eigenvalue weighted by atomic mass is 10.1. The maximum absolute atomic E-state index is 12.2. The molecule has 0 radical (unpaired) electrons. The molecular weight excluding hydrogens is 472 g/mol. The molecule has 0 saturated carbocycles. The Hall–Kier alpha value is -3.88. The summed E-state index contributed by atoms with van der Waals surface area (Å²) in [6, 6.07) is 11.9. The van der Waals surface area contributed by atoms with Crippen molar-refractivity contribution in [2.24, 2.45) is 11.5 Å². The van der Waals surface area contributed by atoms with E-state index in [4.69, 9.17) is 20.9 Å². The van der Waals surface area contributed by atoms with Crippen molar-refractivity contribution in [2.45, 2.75) is 58.0 Å². The number of nitrogens with two attached hydrogens (primary N) is 2. The third kappa shape index (κ3) is 10.7. The number of carbonyl (C=O) groups excluding carboxylic acids is 4. The van der Waals surface area contributed by atoms with Crippen LogP contribution in [0.2, 0.25) is 0 Å². The van der Waals surface area contributed by atoms with Crippen molar-refractivity contribution >= 4 is 35.7 Å². The van der Waals surface area contributed by atoms with E-state index in [0.717, 1.165) is 12.8 Å². The van der Waals surface area contributed by atoms with Crippen molar-refractivity contribution < 1.29 is 28.7 Å². The zero-order valence-electron chi connectivity index (χ0n) is 21.2. The molecule has 2 atom stereocenters. The van der Waals surface area contributed by atoms with Crippen molar-refractivity contribution in [1.82, 2.24) is 0 Å². The largest absolute Gasteiger partial charge is 0.425 e. The van der Waals surface area contributed by atoms with Gasteiger partial charge in [0.15, 0.2) is 11.6 Å². The van der Waals surface area contributed by atoms with Gasteiger partial charge in [0, 0.05) is 0 Å². The summed E-state index contributed by atoms with van der Waals surface area (Å²) in [6.07, 6.45) is 8.41. The third-order valence-electron chi connectivity index (χ3n) is 5.38. The molecule has 0 saturated heterocycles. The summed E-state index contributed by atoms with van der Waals surface area (Å²) in [5, 5.41) is 0. The summed E-state index contributed by atoms with van der Waals surface area (Å²) in [5.41, 5.74) is 12.9. The van der Waals surface area contributed by atoms with E-state index in [0.29, 0.717) is 35.5 Å². The molecule has 2 aromatic rings. The minimum absolute atomic E-state index is 0.275. The summed E-state index contributed by atoms with van der Waals surface area (Å²) >= 11 is 0. The Kier molecular flexibility index (Phi) is 12.1. The Morgan fingerprint density at radius 3 is 1.57 bits per heavy atom. The van der Waals surface area contributed by atoms with Gasteiger partial charge in [0.05, 0.1) is 6.42 Å². The van der Waals surface area contributed by atoms with Crippen LogP contribution in [0.1, 0.15) is 57.1 Å². The maximum Gasteiger partial charge on any atom is 0.328 e. The molecule has 0 spiro atoms. The molecule has 0 aliphatic carbocycles. The number of esters is 2. The summed E-state index contributed by atoms with van der Waals surface area (Å²) in [6.45, 7) is 3.82. The molecule has 196 valence electrons. The highest BCUT2D eigenvalue weighted by Gasteiger charge is 2.15. The summed E-state index contributed by atoms with van der Waals surface area (Å²) in [5.74, 6) is -0.942. The zero-order chi connectivity index (χ0) is 27.2. The first kappa shape index (κ1) is 29.4. The number of benzene rings is 2. The van der Waals surface area contributed by atoms with E-state index >= 15 is 0 Å². The van der Waals surface area contributed by atoms with Gasteiger partial charge in [-0.25, -0.2) is 9.59 Å². The van der Waals surface area contributed by atoms with Gasteiger partial charge in [-0.05, 0) is 60.4 Å². The number of allylic oxidation sites excluding steroid dienone is 2. The van der Waals surface area contributed by atoms with Gasteiger partial charge in [0.2, 0.25) is 0 Å². The Morgan fingerprint density at radius 2 is 1.16 bits per heavy atom. The van der Waals surface area contributed by atoms with Gasteiger partial charge in [-0.3, -0.25) is 9.59 Å². The lowest BCUT2D eigenvalue weighted by Crippen LogP contribution is -2.34. The van der Waals surface area contributed by atoms with Crippen LogP contribution < -0.4 is 20.9 Å². The average molecular weight is 507 g/mol. The smallest absolute Gasteiger partial charge is 0.328 e. The second-order valence-electron chi connectivity index (χ2n) is 8.52. The molecule has 2 unspecified atom stereocenters. The van der Waals surface area contributed by atoms with E-state index in [1.807, 2.05) is 6.92 Å². The van der Waals surface area contributed by atoms with Crippen LogP contribution in [0.25, 0.3) is 12.2 Å². The van der Waals surface area contributed by atoms with Gasteiger partial charge in [-0.2, -0.15) is 0 Å². The summed E-state index contributed by atoms with van der Waals surface area (Å²) in [7, 11) is 0. The second kappa shape index (κ2) is 15.3.